The fourth-order valence-corrected chi connectivity index (χ4v) is 3.35. The number of carbonyl (C=O) groups excluding carboxylic acids is 1. The van der Waals surface area contributed by atoms with Crippen molar-refractivity contribution in [3.05, 3.63) is 89.5 Å². The van der Waals surface area contributed by atoms with Gasteiger partial charge in [0.2, 0.25) is 0 Å². The molecule has 1 heterocycles. The topological polar surface area (TPSA) is 29.5 Å². The van der Waals surface area contributed by atoms with Gasteiger partial charge >= 0.3 is 0 Å². The first-order valence-corrected chi connectivity index (χ1v) is 8.37. The zero-order valence-corrected chi connectivity index (χ0v) is 14.1. The average Bonchev–Trinajstić information content (AvgIpc) is 2.78. The zero-order chi connectivity index (χ0) is 17.2. The van der Waals surface area contributed by atoms with Gasteiger partial charge in [-0.25, -0.2) is 0 Å². The predicted molar refractivity (Wildman–Crippen MR) is 99.8 cm³/mol. The van der Waals surface area contributed by atoms with E-state index >= 15 is 0 Å². The van der Waals surface area contributed by atoms with Crippen molar-refractivity contribution in [3.63, 3.8) is 0 Å². The van der Waals surface area contributed by atoms with E-state index in [1.54, 1.807) is 7.11 Å². The first-order chi connectivity index (χ1) is 12.3. The van der Waals surface area contributed by atoms with E-state index in [2.05, 4.69) is 23.1 Å². The highest BCUT2D eigenvalue weighted by molar-refractivity contribution is 6.05. The Labute approximate surface area is 147 Å². The molecule has 4 rings (SSSR count). The van der Waals surface area contributed by atoms with E-state index in [1.807, 2.05) is 54.6 Å². The van der Waals surface area contributed by atoms with Gasteiger partial charge in [0.1, 0.15) is 5.75 Å². The average molecular weight is 329 g/mol. The third-order valence-electron chi connectivity index (χ3n) is 4.63. The number of Topliss-reactive ketones (excluding diaryl/α,β-unsaturated/α-hetero) is 1. The van der Waals surface area contributed by atoms with Crippen LogP contribution < -0.4 is 9.64 Å². The van der Waals surface area contributed by atoms with Crippen LogP contribution in [-0.4, -0.2) is 12.9 Å². The van der Waals surface area contributed by atoms with Crippen molar-refractivity contribution in [3.8, 4) is 5.75 Å². The van der Waals surface area contributed by atoms with Gasteiger partial charge in [-0.05, 0) is 41.5 Å². The largest absolute Gasteiger partial charge is 0.497 e. The Morgan fingerprint density at radius 3 is 2.32 bits per heavy atom. The number of ether oxygens (including phenoxy) is 1. The van der Waals surface area contributed by atoms with Crippen molar-refractivity contribution in [2.24, 2.45) is 0 Å². The summed E-state index contributed by atoms with van der Waals surface area (Å²) in [7, 11) is 1.67. The van der Waals surface area contributed by atoms with Crippen LogP contribution in [0, 0.1) is 0 Å². The third-order valence-corrected chi connectivity index (χ3v) is 4.63. The number of hydrogen-bond donors (Lipinski definition) is 0. The van der Waals surface area contributed by atoms with Crippen molar-refractivity contribution in [2.75, 3.05) is 12.0 Å². The first-order valence-electron chi connectivity index (χ1n) is 8.37. The van der Waals surface area contributed by atoms with Gasteiger partial charge in [0, 0.05) is 24.2 Å². The maximum absolute atomic E-state index is 12.7. The molecule has 0 radical (unpaired) electrons. The second kappa shape index (κ2) is 6.44. The molecule has 1 aliphatic heterocycles. The van der Waals surface area contributed by atoms with Gasteiger partial charge < -0.3 is 9.64 Å². The molecule has 124 valence electrons. The molecular formula is C22H19NO2. The molecular weight excluding hydrogens is 310 g/mol. The molecule has 3 aromatic rings. The third kappa shape index (κ3) is 2.89. The standard InChI is InChI=1S/C22H19NO2/c1-25-18-12-10-16(11-13-18)15-23-20-8-4-2-6-17(20)14-22(24)19-7-3-5-9-21(19)23/h2-13H,14-15H2,1H3. The number of hydrogen-bond acceptors (Lipinski definition) is 3. The molecule has 0 aliphatic carbocycles. The Morgan fingerprint density at radius 1 is 0.880 bits per heavy atom. The van der Waals surface area contributed by atoms with E-state index in [4.69, 9.17) is 4.74 Å². The summed E-state index contributed by atoms with van der Waals surface area (Å²) in [6.45, 7) is 0.700. The number of benzene rings is 3. The normalized spacial score (nSPS) is 13.0. The van der Waals surface area contributed by atoms with Gasteiger partial charge in [0.05, 0.1) is 12.8 Å². The quantitative estimate of drug-likeness (QED) is 0.693. The van der Waals surface area contributed by atoms with E-state index < -0.39 is 0 Å². The highest BCUT2D eigenvalue weighted by Crippen LogP contribution is 2.37. The Hall–Kier alpha value is -3.07. The highest BCUT2D eigenvalue weighted by atomic mass is 16.5. The summed E-state index contributed by atoms with van der Waals surface area (Å²) in [6.07, 6.45) is 0.437. The molecule has 0 unspecified atom stereocenters. The van der Waals surface area contributed by atoms with Crippen LogP contribution in [0.15, 0.2) is 72.8 Å². The summed E-state index contributed by atoms with van der Waals surface area (Å²) in [5.41, 5.74) is 5.08. The lowest BCUT2D eigenvalue weighted by Gasteiger charge is -2.26. The fraction of sp³-hybridized carbons (Fsp3) is 0.136. The molecule has 0 fully saturated rings. The number of ketones is 1. The number of methoxy groups -OCH3 is 1. The molecule has 0 bridgehead atoms. The lowest BCUT2D eigenvalue weighted by molar-refractivity contribution is 0.0994. The van der Waals surface area contributed by atoms with Gasteiger partial charge in [-0.15, -0.1) is 0 Å². The molecule has 3 aromatic carbocycles. The van der Waals surface area contributed by atoms with E-state index in [9.17, 15) is 4.79 Å². The van der Waals surface area contributed by atoms with Crippen LogP contribution in [0.2, 0.25) is 0 Å². The van der Waals surface area contributed by atoms with Crippen LogP contribution >= 0.6 is 0 Å². The maximum atomic E-state index is 12.7. The Morgan fingerprint density at radius 2 is 1.56 bits per heavy atom. The SMILES string of the molecule is COc1ccc(CN2c3ccccc3CC(=O)c3ccccc32)cc1. The number of nitrogens with zero attached hydrogens (tertiary/aromatic N) is 1. The summed E-state index contributed by atoms with van der Waals surface area (Å²) >= 11 is 0. The molecule has 1 aliphatic rings. The van der Waals surface area contributed by atoms with Crippen molar-refractivity contribution in [1.29, 1.82) is 0 Å². The second-order valence-corrected chi connectivity index (χ2v) is 6.18. The predicted octanol–water partition coefficient (Wildman–Crippen LogP) is 4.77. The maximum Gasteiger partial charge on any atom is 0.169 e. The van der Waals surface area contributed by atoms with Crippen molar-refractivity contribution in [1.82, 2.24) is 0 Å². The molecule has 0 N–H and O–H groups in total. The van der Waals surface area contributed by atoms with Gasteiger partial charge in [-0.3, -0.25) is 4.79 Å². The fourth-order valence-electron chi connectivity index (χ4n) is 3.35. The van der Waals surface area contributed by atoms with Gasteiger partial charge in [-0.1, -0.05) is 42.5 Å². The lowest BCUT2D eigenvalue weighted by Crippen LogP contribution is -2.18. The minimum absolute atomic E-state index is 0.167. The molecule has 0 atom stereocenters. The summed E-state index contributed by atoms with van der Waals surface area (Å²) in [5, 5.41) is 0. The number of carbonyl (C=O) groups is 1. The molecule has 0 amide bonds. The second-order valence-electron chi connectivity index (χ2n) is 6.18. The monoisotopic (exact) mass is 329 g/mol. The van der Waals surface area contributed by atoms with E-state index in [0.29, 0.717) is 13.0 Å². The van der Waals surface area contributed by atoms with Crippen LogP contribution in [0.5, 0.6) is 5.75 Å². The molecule has 0 spiro atoms. The van der Waals surface area contributed by atoms with Gasteiger partial charge in [0.25, 0.3) is 0 Å². The molecule has 3 heteroatoms. The number of para-hydroxylation sites is 2. The minimum atomic E-state index is 0.167. The summed E-state index contributed by atoms with van der Waals surface area (Å²) in [6, 6.07) is 24.1. The summed E-state index contributed by atoms with van der Waals surface area (Å²) in [5.74, 6) is 1.01. The summed E-state index contributed by atoms with van der Waals surface area (Å²) in [4.78, 5) is 14.9. The summed E-state index contributed by atoms with van der Waals surface area (Å²) < 4.78 is 5.25. The Kier molecular flexibility index (Phi) is 3.98. The van der Waals surface area contributed by atoms with Gasteiger partial charge in [-0.2, -0.15) is 0 Å². The van der Waals surface area contributed by atoms with Crippen molar-refractivity contribution < 1.29 is 9.53 Å². The Bertz CT molecular complexity index is 915. The lowest BCUT2D eigenvalue weighted by atomic mass is 10.0. The van der Waals surface area contributed by atoms with Crippen LogP contribution in [0.25, 0.3) is 0 Å². The van der Waals surface area contributed by atoms with E-state index in [0.717, 1.165) is 28.3 Å². The number of anilines is 2. The number of rotatable bonds is 3. The molecule has 3 nitrogen and oxygen atoms in total. The van der Waals surface area contributed by atoms with Crippen LogP contribution in [0.4, 0.5) is 11.4 Å². The zero-order valence-electron chi connectivity index (χ0n) is 14.1. The van der Waals surface area contributed by atoms with Crippen LogP contribution in [0.1, 0.15) is 21.5 Å². The molecule has 25 heavy (non-hydrogen) atoms. The van der Waals surface area contributed by atoms with Crippen LogP contribution in [-0.2, 0) is 13.0 Å². The van der Waals surface area contributed by atoms with Crippen molar-refractivity contribution in [2.45, 2.75) is 13.0 Å². The highest BCUT2D eigenvalue weighted by Gasteiger charge is 2.24. The van der Waals surface area contributed by atoms with E-state index in [1.165, 1.54) is 5.56 Å². The van der Waals surface area contributed by atoms with E-state index in [-0.39, 0.29) is 5.78 Å². The first kappa shape index (κ1) is 15.5. The van der Waals surface area contributed by atoms with Crippen LogP contribution in [0.3, 0.4) is 0 Å². The van der Waals surface area contributed by atoms with Crippen molar-refractivity contribution >= 4 is 17.2 Å². The minimum Gasteiger partial charge on any atom is -0.497 e. The van der Waals surface area contributed by atoms with Gasteiger partial charge in [0.15, 0.2) is 5.78 Å². The Balaban J connectivity index is 1.81. The number of fused-ring (bicyclic) bond motifs is 2. The molecule has 0 saturated carbocycles. The smallest absolute Gasteiger partial charge is 0.169 e. The molecule has 0 aromatic heterocycles. The molecule has 0 saturated heterocycles.